The Labute approximate surface area is 139 Å². The molecule has 1 amide bonds. The van der Waals surface area contributed by atoms with Gasteiger partial charge in [0.2, 0.25) is 10.0 Å². The van der Waals surface area contributed by atoms with E-state index in [1.807, 2.05) is 0 Å². The summed E-state index contributed by atoms with van der Waals surface area (Å²) in [5.41, 5.74) is 0.939. The predicted octanol–water partition coefficient (Wildman–Crippen LogP) is 2.73. The molecule has 0 spiro atoms. The maximum absolute atomic E-state index is 11.8. The number of carbonyl (C=O) groups is 1. The van der Waals surface area contributed by atoms with Gasteiger partial charge in [-0.3, -0.25) is 9.52 Å². The summed E-state index contributed by atoms with van der Waals surface area (Å²) < 4.78 is 29.9. The Balaban J connectivity index is 1.89. The standard InChI is InChI=1S/C15H15ClN2O4S/c1-23(20,21)18-12-8-6-11(7-9-12)17-15(19)10-22-14-5-3-2-4-13(14)16/h2-9,18H,10H2,1H3,(H,17,19). The molecule has 0 fully saturated rings. The van der Waals surface area contributed by atoms with Crippen LogP contribution in [0.25, 0.3) is 0 Å². The molecular formula is C15H15ClN2O4S. The molecule has 0 unspecified atom stereocenters. The largest absolute Gasteiger partial charge is 0.482 e. The number of anilines is 2. The predicted molar refractivity (Wildman–Crippen MR) is 90.5 cm³/mol. The number of nitrogens with one attached hydrogen (secondary N) is 2. The molecule has 8 heteroatoms. The van der Waals surface area contributed by atoms with Crippen molar-refractivity contribution in [3.05, 3.63) is 53.6 Å². The Hall–Kier alpha value is -2.25. The average molecular weight is 355 g/mol. The fourth-order valence-electron chi connectivity index (χ4n) is 1.74. The molecule has 0 aliphatic rings. The molecule has 0 radical (unpaired) electrons. The van der Waals surface area contributed by atoms with Gasteiger partial charge in [-0.2, -0.15) is 0 Å². The lowest BCUT2D eigenvalue weighted by Gasteiger charge is -2.09. The molecule has 0 atom stereocenters. The van der Waals surface area contributed by atoms with Crippen molar-refractivity contribution in [2.75, 3.05) is 22.9 Å². The topological polar surface area (TPSA) is 84.5 Å². The minimum Gasteiger partial charge on any atom is -0.482 e. The van der Waals surface area contributed by atoms with E-state index < -0.39 is 10.0 Å². The molecule has 0 saturated heterocycles. The molecule has 2 N–H and O–H groups in total. The van der Waals surface area contributed by atoms with Gasteiger partial charge in [0.1, 0.15) is 5.75 Å². The highest BCUT2D eigenvalue weighted by molar-refractivity contribution is 7.92. The van der Waals surface area contributed by atoms with E-state index >= 15 is 0 Å². The quantitative estimate of drug-likeness (QED) is 0.835. The molecule has 0 bridgehead atoms. The van der Waals surface area contributed by atoms with E-state index in [4.69, 9.17) is 16.3 Å². The zero-order valence-electron chi connectivity index (χ0n) is 12.2. The fraction of sp³-hybridized carbons (Fsp3) is 0.133. The maximum atomic E-state index is 11.8. The van der Waals surface area contributed by atoms with E-state index in [0.29, 0.717) is 22.1 Å². The van der Waals surface area contributed by atoms with Crippen LogP contribution in [-0.4, -0.2) is 27.2 Å². The number of ether oxygens (including phenoxy) is 1. The highest BCUT2D eigenvalue weighted by Crippen LogP contribution is 2.23. The lowest BCUT2D eigenvalue weighted by molar-refractivity contribution is -0.118. The summed E-state index contributed by atoms with van der Waals surface area (Å²) >= 11 is 5.93. The third-order valence-electron chi connectivity index (χ3n) is 2.67. The lowest BCUT2D eigenvalue weighted by atomic mass is 10.3. The smallest absolute Gasteiger partial charge is 0.262 e. The number of para-hydroxylation sites is 1. The minimum absolute atomic E-state index is 0.187. The average Bonchev–Trinajstić information content (AvgIpc) is 2.47. The van der Waals surface area contributed by atoms with Gasteiger partial charge in [0.15, 0.2) is 6.61 Å². The van der Waals surface area contributed by atoms with Crippen LogP contribution < -0.4 is 14.8 Å². The number of hydrogen-bond donors (Lipinski definition) is 2. The molecule has 122 valence electrons. The van der Waals surface area contributed by atoms with Crippen molar-refractivity contribution in [1.29, 1.82) is 0 Å². The van der Waals surface area contributed by atoms with E-state index in [1.54, 1.807) is 48.5 Å². The van der Waals surface area contributed by atoms with Crippen molar-refractivity contribution in [1.82, 2.24) is 0 Å². The van der Waals surface area contributed by atoms with Gasteiger partial charge < -0.3 is 10.1 Å². The van der Waals surface area contributed by atoms with Gasteiger partial charge in [0.05, 0.1) is 11.3 Å². The third-order valence-corrected chi connectivity index (χ3v) is 3.59. The van der Waals surface area contributed by atoms with Crippen LogP contribution in [0.4, 0.5) is 11.4 Å². The zero-order chi connectivity index (χ0) is 16.9. The molecule has 0 heterocycles. The van der Waals surface area contributed by atoms with Crippen molar-refractivity contribution in [2.45, 2.75) is 0 Å². The molecule has 2 rings (SSSR count). The maximum Gasteiger partial charge on any atom is 0.262 e. The second-order valence-electron chi connectivity index (χ2n) is 4.72. The monoisotopic (exact) mass is 354 g/mol. The first-order valence-corrected chi connectivity index (χ1v) is 8.85. The van der Waals surface area contributed by atoms with Crippen LogP contribution in [0.1, 0.15) is 0 Å². The van der Waals surface area contributed by atoms with Crippen molar-refractivity contribution >= 4 is 38.9 Å². The highest BCUT2D eigenvalue weighted by atomic mass is 35.5. The van der Waals surface area contributed by atoms with Crippen LogP contribution in [0, 0.1) is 0 Å². The van der Waals surface area contributed by atoms with Crippen molar-refractivity contribution in [3.63, 3.8) is 0 Å². The number of hydrogen-bond acceptors (Lipinski definition) is 4. The Morgan fingerprint density at radius 3 is 2.30 bits per heavy atom. The van der Waals surface area contributed by atoms with Gasteiger partial charge in [-0.15, -0.1) is 0 Å². The SMILES string of the molecule is CS(=O)(=O)Nc1ccc(NC(=O)COc2ccccc2Cl)cc1. The summed E-state index contributed by atoms with van der Waals surface area (Å²) in [6.45, 7) is -0.187. The van der Waals surface area contributed by atoms with Crippen LogP contribution in [0.5, 0.6) is 5.75 Å². The zero-order valence-corrected chi connectivity index (χ0v) is 13.8. The summed E-state index contributed by atoms with van der Waals surface area (Å²) in [6.07, 6.45) is 1.06. The van der Waals surface area contributed by atoms with Gasteiger partial charge in [0.25, 0.3) is 5.91 Å². The summed E-state index contributed by atoms with van der Waals surface area (Å²) in [4.78, 5) is 11.8. The Morgan fingerprint density at radius 1 is 1.09 bits per heavy atom. The number of benzene rings is 2. The summed E-state index contributed by atoms with van der Waals surface area (Å²) in [7, 11) is -3.33. The fourth-order valence-corrected chi connectivity index (χ4v) is 2.49. The molecule has 0 aliphatic carbocycles. The molecular weight excluding hydrogens is 340 g/mol. The van der Waals surface area contributed by atoms with E-state index in [9.17, 15) is 13.2 Å². The van der Waals surface area contributed by atoms with E-state index in [2.05, 4.69) is 10.0 Å². The first kappa shape index (κ1) is 17.1. The van der Waals surface area contributed by atoms with Crippen molar-refractivity contribution < 1.29 is 17.9 Å². The lowest BCUT2D eigenvalue weighted by Crippen LogP contribution is -2.20. The molecule has 2 aromatic carbocycles. The Morgan fingerprint density at radius 2 is 1.70 bits per heavy atom. The van der Waals surface area contributed by atoms with Crippen LogP contribution >= 0.6 is 11.6 Å². The summed E-state index contributed by atoms with van der Waals surface area (Å²) in [6, 6.07) is 13.1. The normalized spacial score (nSPS) is 10.9. The molecule has 0 aliphatic heterocycles. The van der Waals surface area contributed by atoms with Crippen molar-refractivity contribution in [2.24, 2.45) is 0 Å². The van der Waals surface area contributed by atoms with Crippen LogP contribution in [0.3, 0.4) is 0 Å². The molecule has 23 heavy (non-hydrogen) atoms. The van der Waals surface area contributed by atoms with Crippen LogP contribution in [-0.2, 0) is 14.8 Å². The molecule has 0 aromatic heterocycles. The van der Waals surface area contributed by atoms with Gasteiger partial charge in [-0.25, -0.2) is 8.42 Å². The van der Waals surface area contributed by atoms with Gasteiger partial charge in [0, 0.05) is 11.4 Å². The number of carbonyl (C=O) groups excluding carboxylic acids is 1. The Kier molecular flexibility index (Phi) is 5.46. The van der Waals surface area contributed by atoms with Crippen molar-refractivity contribution in [3.8, 4) is 5.75 Å². The first-order valence-electron chi connectivity index (χ1n) is 6.58. The first-order chi connectivity index (χ1) is 10.8. The van der Waals surface area contributed by atoms with E-state index in [0.717, 1.165) is 6.26 Å². The second-order valence-corrected chi connectivity index (χ2v) is 6.87. The summed E-state index contributed by atoms with van der Waals surface area (Å²) in [5, 5.41) is 3.06. The molecule has 6 nitrogen and oxygen atoms in total. The Bertz CT molecular complexity index is 791. The number of sulfonamides is 1. The number of amides is 1. The highest BCUT2D eigenvalue weighted by Gasteiger charge is 2.07. The molecule has 2 aromatic rings. The van der Waals surface area contributed by atoms with Crippen LogP contribution in [0.15, 0.2) is 48.5 Å². The van der Waals surface area contributed by atoms with E-state index in [1.165, 1.54) is 0 Å². The van der Waals surface area contributed by atoms with Gasteiger partial charge in [-0.05, 0) is 36.4 Å². The number of rotatable bonds is 6. The van der Waals surface area contributed by atoms with Crippen LogP contribution in [0.2, 0.25) is 5.02 Å². The molecule has 0 saturated carbocycles. The summed E-state index contributed by atoms with van der Waals surface area (Å²) in [5.74, 6) is 0.0748. The number of halogens is 1. The van der Waals surface area contributed by atoms with Gasteiger partial charge in [-0.1, -0.05) is 23.7 Å². The third kappa shape index (κ3) is 5.80. The van der Waals surface area contributed by atoms with Gasteiger partial charge >= 0.3 is 0 Å². The minimum atomic E-state index is -3.33. The van der Waals surface area contributed by atoms with E-state index in [-0.39, 0.29) is 12.5 Å². The second kappa shape index (κ2) is 7.34.